The van der Waals surface area contributed by atoms with E-state index in [0.717, 1.165) is 5.76 Å². The van der Waals surface area contributed by atoms with Crippen LogP contribution in [0.15, 0.2) is 16.7 Å². The topological polar surface area (TPSA) is 39.2 Å². The lowest BCUT2D eigenvalue weighted by molar-refractivity contribution is 0.500. The van der Waals surface area contributed by atoms with E-state index < -0.39 is 0 Å². The molecule has 0 aromatic carbocycles. The second kappa shape index (κ2) is 5.07. The van der Waals surface area contributed by atoms with Crippen molar-refractivity contribution in [2.75, 3.05) is 0 Å². The molecule has 1 aromatic heterocycles. The van der Waals surface area contributed by atoms with Gasteiger partial charge in [0.2, 0.25) is 0 Å². The zero-order valence-electron chi connectivity index (χ0n) is 9.35. The Bertz CT molecular complexity index is 232. The molecule has 0 atom stereocenters. The molecule has 13 heavy (non-hydrogen) atoms. The summed E-state index contributed by atoms with van der Waals surface area (Å²) in [6.45, 7) is 10.9. The van der Waals surface area contributed by atoms with Crippen molar-refractivity contribution < 1.29 is 4.42 Å². The van der Waals surface area contributed by atoms with Crippen molar-refractivity contribution in [2.24, 2.45) is 5.73 Å². The number of hydrogen-bond donors (Lipinski definition) is 1. The summed E-state index contributed by atoms with van der Waals surface area (Å²) >= 11 is 0. The number of furan rings is 1. The first kappa shape index (κ1) is 12.2. The van der Waals surface area contributed by atoms with Gasteiger partial charge in [-0.05, 0) is 17.0 Å². The minimum absolute atomic E-state index is 0.164. The highest BCUT2D eigenvalue weighted by Gasteiger charge is 2.15. The summed E-state index contributed by atoms with van der Waals surface area (Å²) in [6.07, 6.45) is 1.78. The molecule has 0 aliphatic heterocycles. The van der Waals surface area contributed by atoms with Crippen LogP contribution < -0.4 is 5.73 Å². The van der Waals surface area contributed by atoms with E-state index in [1.165, 1.54) is 5.56 Å². The van der Waals surface area contributed by atoms with Gasteiger partial charge < -0.3 is 10.2 Å². The lowest BCUT2D eigenvalue weighted by atomic mass is 9.89. The molecule has 0 saturated carbocycles. The second-order valence-electron chi connectivity index (χ2n) is 3.76. The van der Waals surface area contributed by atoms with Crippen LogP contribution in [0.25, 0.3) is 0 Å². The first-order valence-electron chi connectivity index (χ1n) is 4.82. The summed E-state index contributed by atoms with van der Waals surface area (Å²) in [6, 6.07) is 2.01. The van der Waals surface area contributed by atoms with E-state index in [9.17, 15) is 0 Å². The Hall–Kier alpha value is -0.760. The molecule has 0 aliphatic rings. The van der Waals surface area contributed by atoms with Gasteiger partial charge in [0.15, 0.2) is 0 Å². The Morgan fingerprint density at radius 1 is 1.31 bits per heavy atom. The van der Waals surface area contributed by atoms with Crippen molar-refractivity contribution in [1.82, 2.24) is 0 Å². The van der Waals surface area contributed by atoms with Crippen molar-refractivity contribution in [3.05, 3.63) is 23.7 Å². The SMILES string of the molecule is CC.CC(C)(C)c1coc(CN)c1. The van der Waals surface area contributed by atoms with Crippen molar-refractivity contribution in [2.45, 2.75) is 46.6 Å². The molecule has 0 radical (unpaired) electrons. The Morgan fingerprint density at radius 2 is 1.85 bits per heavy atom. The van der Waals surface area contributed by atoms with Gasteiger partial charge in [-0.1, -0.05) is 34.6 Å². The van der Waals surface area contributed by atoms with Crippen molar-refractivity contribution in [3.63, 3.8) is 0 Å². The van der Waals surface area contributed by atoms with E-state index >= 15 is 0 Å². The summed E-state index contributed by atoms with van der Waals surface area (Å²) in [5, 5.41) is 0. The predicted octanol–water partition coefficient (Wildman–Crippen LogP) is 3.06. The largest absolute Gasteiger partial charge is 0.468 e. The Balaban J connectivity index is 0.000000671. The van der Waals surface area contributed by atoms with E-state index in [0.29, 0.717) is 6.54 Å². The molecule has 1 rings (SSSR count). The van der Waals surface area contributed by atoms with Crippen LogP contribution in [0.4, 0.5) is 0 Å². The van der Waals surface area contributed by atoms with Gasteiger partial charge in [0.1, 0.15) is 5.76 Å². The van der Waals surface area contributed by atoms with Crippen molar-refractivity contribution >= 4 is 0 Å². The summed E-state index contributed by atoms with van der Waals surface area (Å²) in [5.74, 6) is 0.856. The fraction of sp³-hybridized carbons (Fsp3) is 0.636. The molecule has 0 bridgehead atoms. The molecule has 0 unspecified atom stereocenters. The second-order valence-corrected chi connectivity index (χ2v) is 3.76. The Labute approximate surface area is 81.1 Å². The van der Waals surface area contributed by atoms with Crippen LogP contribution in [0.1, 0.15) is 45.9 Å². The van der Waals surface area contributed by atoms with E-state index in [-0.39, 0.29) is 5.41 Å². The zero-order valence-corrected chi connectivity index (χ0v) is 9.35. The van der Waals surface area contributed by atoms with E-state index in [1.807, 2.05) is 19.9 Å². The predicted molar refractivity (Wildman–Crippen MR) is 56.6 cm³/mol. The number of hydrogen-bond acceptors (Lipinski definition) is 2. The van der Waals surface area contributed by atoms with Crippen LogP contribution in [0.5, 0.6) is 0 Å². The van der Waals surface area contributed by atoms with Gasteiger partial charge in [0.25, 0.3) is 0 Å². The highest BCUT2D eigenvalue weighted by molar-refractivity contribution is 5.20. The molecule has 0 fully saturated rings. The smallest absolute Gasteiger partial charge is 0.117 e. The summed E-state index contributed by atoms with van der Waals surface area (Å²) in [4.78, 5) is 0. The van der Waals surface area contributed by atoms with E-state index in [1.54, 1.807) is 6.26 Å². The van der Waals surface area contributed by atoms with Gasteiger partial charge in [-0.25, -0.2) is 0 Å². The van der Waals surface area contributed by atoms with Crippen LogP contribution in [0.3, 0.4) is 0 Å². The molecule has 76 valence electrons. The average molecular weight is 183 g/mol. The molecular weight excluding hydrogens is 162 g/mol. The van der Waals surface area contributed by atoms with Gasteiger partial charge in [0, 0.05) is 0 Å². The van der Waals surface area contributed by atoms with Gasteiger partial charge >= 0.3 is 0 Å². The number of nitrogens with two attached hydrogens (primary N) is 1. The third-order valence-corrected chi connectivity index (χ3v) is 1.72. The molecule has 0 spiro atoms. The molecule has 2 nitrogen and oxygen atoms in total. The van der Waals surface area contributed by atoms with Crippen LogP contribution >= 0.6 is 0 Å². The molecular formula is C11H21NO. The first-order valence-corrected chi connectivity index (χ1v) is 4.82. The average Bonchev–Trinajstić information content (AvgIpc) is 2.54. The molecule has 2 N–H and O–H groups in total. The summed E-state index contributed by atoms with van der Waals surface area (Å²) in [5.41, 5.74) is 6.78. The zero-order chi connectivity index (χ0) is 10.5. The fourth-order valence-corrected chi connectivity index (χ4v) is 0.881. The summed E-state index contributed by atoms with van der Waals surface area (Å²) in [7, 11) is 0. The standard InChI is InChI=1S/C9H15NO.C2H6/c1-9(2,3)7-4-8(5-10)11-6-7;1-2/h4,6H,5,10H2,1-3H3;1-2H3. The maximum Gasteiger partial charge on any atom is 0.117 e. The number of rotatable bonds is 1. The van der Waals surface area contributed by atoms with E-state index in [2.05, 4.69) is 20.8 Å². The molecule has 1 aromatic rings. The third-order valence-electron chi connectivity index (χ3n) is 1.72. The summed E-state index contributed by atoms with van der Waals surface area (Å²) < 4.78 is 5.22. The van der Waals surface area contributed by atoms with Gasteiger partial charge in [-0.15, -0.1) is 0 Å². The maximum atomic E-state index is 5.41. The van der Waals surface area contributed by atoms with Gasteiger partial charge in [0.05, 0.1) is 12.8 Å². The third kappa shape index (κ3) is 3.64. The fourth-order valence-electron chi connectivity index (χ4n) is 0.881. The van der Waals surface area contributed by atoms with Crippen LogP contribution in [-0.2, 0) is 12.0 Å². The molecule has 0 saturated heterocycles. The molecule has 2 heteroatoms. The highest BCUT2D eigenvalue weighted by atomic mass is 16.3. The molecule has 0 aliphatic carbocycles. The first-order chi connectivity index (χ1) is 6.04. The molecule has 0 amide bonds. The quantitative estimate of drug-likeness (QED) is 0.726. The normalized spacial score (nSPS) is 10.6. The lowest BCUT2D eigenvalue weighted by Crippen LogP contribution is -2.09. The maximum absolute atomic E-state index is 5.41. The van der Waals surface area contributed by atoms with Crippen LogP contribution in [-0.4, -0.2) is 0 Å². The van der Waals surface area contributed by atoms with Gasteiger partial charge in [-0.2, -0.15) is 0 Å². The molecule has 1 heterocycles. The Morgan fingerprint density at radius 3 is 2.08 bits per heavy atom. The van der Waals surface area contributed by atoms with Crippen molar-refractivity contribution in [1.29, 1.82) is 0 Å². The minimum Gasteiger partial charge on any atom is -0.468 e. The van der Waals surface area contributed by atoms with Crippen LogP contribution in [0, 0.1) is 0 Å². The minimum atomic E-state index is 0.164. The highest BCUT2D eigenvalue weighted by Crippen LogP contribution is 2.23. The van der Waals surface area contributed by atoms with Crippen molar-refractivity contribution in [3.8, 4) is 0 Å². The Kier molecular flexibility index (Phi) is 4.78. The van der Waals surface area contributed by atoms with Crippen LogP contribution in [0.2, 0.25) is 0 Å². The lowest BCUT2D eigenvalue weighted by Gasteiger charge is -2.14. The monoisotopic (exact) mass is 183 g/mol. The van der Waals surface area contributed by atoms with Gasteiger partial charge in [-0.3, -0.25) is 0 Å². The van der Waals surface area contributed by atoms with E-state index in [4.69, 9.17) is 10.2 Å².